The van der Waals surface area contributed by atoms with Crippen molar-refractivity contribution in [2.45, 2.75) is 50.7 Å². The van der Waals surface area contributed by atoms with Gasteiger partial charge in [-0.1, -0.05) is 6.92 Å². The average Bonchev–Trinajstić information content (AvgIpc) is 3.02. The van der Waals surface area contributed by atoms with Crippen LogP contribution < -0.4 is 10.0 Å². The van der Waals surface area contributed by atoms with Gasteiger partial charge in [0.25, 0.3) is 0 Å². The second-order valence-electron chi connectivity index (χ2n) is 4.96. The van der Waals surface area contributed by atoms with Crippen molar-refractivity contribution < 1.29 is 21.6 Å². The van der Waals surface area contributed by atoms with Crippen LogP contribution >= 0.6 is 0 Å². The van der Waals surface area contributed by atoms with Crippen molar-refractivity contribution in [3.05, 3.63) is 0 Å². The van der Waals surface area contributed by atoms with Crippen molar-refractivity contribution in [1.82, 2.24) is 10.0 Å². The van der Waals surface area contributed by atoms with Gasteiger partial charge < -0.3 is 5.32 Å². The number of halogens is 3. The van der Waals surface area contributed by atoms with Crippen LogP contribution in [-0.4, -0.2) is 39.0 Å². The Morgan fingerprint density at radius 3 is 2.26 bits per heavy atom. The molecule has 1 rings (SSSR count). The predicted octanol–water partition coefficient (Wildman–Crippen LogP) is 1.78. The summed E-state index contributed by atoms with van der Waals surface area (Å²) in [6.45, 7) is 3.57. The molecule has 0 unspecified atom stereocenters. The van der Waals surface area contributed by atoms with Crippen molar-refractivity contribution in [3.8, 4) is 0 Å². The van der Waals surface area contributed by atoms with Crippen LogP contribution in [0.15, 0.2) is 0 Å². The van der Waals surface area contributed by atoms with Gasteiger partial charge >= 0.3 is 6.18 Å². The molecule has 114 valence electrons. The second-order valence-corrected chi connectivity index (χ2v) is 6.80. The molecular formula is C11H21F3N2O2S. The molecule has 1 aliphatic carbocycles. The van der Waals surface area contributed by atoms with Crippen LogP contribution in [0.5, 0.6) is 0 Å². The van der Waals surface area contributed by atoms with Gasteiger partial charge in [0, 0.05) is 0 Å². The van der Waals surface area contributed by atoms with Crippen molar-refractivity contribution in [2.75, 3.05) is 18.8 Å². The van der Waals surface area contributed by atoms with E-state index in [1.165, 1.54) is 0 Å². The van der Waals surface area contributed by atoms with E-state index in [2.05, 4.69) is 5.32 Å². The van der Waals surface area contributed by atoms with Gasteiger partial charge in [-0.2, -0.15) is 17.9 Å². The summed E-state index contributed by atoms with van der Waals surface area (Å²) >= 11 is 0. The van der Waals surface area contributed by atoms with Crippen molar-refractivity contribution in [3.63, 3.8) is 0 Å². The molecule has 0 aromatic rings. The van der Waals surface area contributed by atoms with Crippen LogP contribution in [0.1, 0.15) is 39.0 Å². The number of nitrogens with one attached hydrogen (secondary N) is 2. The maximum absolute atomic E-state index is 12.6. The number of hydrogen-bond donors (Lipinski definition) is 2. The molecule has 2 N–H and O–H groups in total. The maximum atomic E-state index is 12.6. The minimum Gasteiger partial charge on any atom is -0.317 e. The number of hydrogen-bond acceptors (Lipinski definition) is 3. The SMILES string of the molecule is CCCNCCCCS(=O)(=O)NC1(C(F)(F)F)CC1. The lowest BCUT2D eigenvalue weighted by molar-refractivity contribution is -0.160. The largest absolute Gasteiger partial charge is 0.407 e. The van der Waals surface area contributed by atoms with Crippen molar-refractivity contribution >= 4 is 10.0 Å². The van der Waals surface area contributed by atoms with Crippen LogP contribution in [0.25, 0.3) is 0 Å². The molecule has 19 heavy (non-hydrogen) atoms. The summed E-state index contributed by atoms with van der Waals surface area (Å²) in [7, 11) is -3.85. The lowest BCUT2D eigenvalue weighted by Gasteiger charge is -2.20. The van der Waals surface area contributed by atoms with Gasteiger partial charge in [-0.25, -0.2) is 8.42 Å². The highest BCUT2D eigenvalue weighted by molar-refractivity contribution is 7.89. The topological polar surface area (TPSA) is 58.2 Å². The zero-order valence-corrected chi connectivity index (χ0v) is 11.8. The summed E-state index contributed by atoms with van der Waals surface area (Å²) in [5.41, 5.74) is -2.19. The van der Waals surface area contributed by atoms with Gasteiger partial charge in [0.1, 0.15) is 5.54 Å². The molecule has 0 saturated heterocycles. The van der Waals surface area contributed by atoms with Crippen molar-refractivity contribution in [2.24, 2.45) is 0 Å². The highest BCUT2D eigenvalue weighted by Crippen LogP contribution is 2.49. The molecule has 1 fully saturated rings. The molecular weight excluding hydrogens is 281 g/mol. The first kappa shape index (κ1) is 16.7. The summed E-state index contributed by atoms with van der Waals surface area (Å²) in [5, 5.41) is 3.11. The predicted molar refractivity (Wildman–Crippen MR) is 67.3 cm³/mol. The Hall–Kier alpha value is -0.340. The third-order valence-electron chi connectivity index (χ3n) is 3.09. The van der Waals surface area contributed by atoms with E-state index in [0.717, 1.165) is 13.0 Å². The highest BCUT2D eigenvalue weighted by Gasteiger charge is 2.65. The van der Waals surface area contributed by atoms with Gasteiger partial charge in [0.15, 0.2) is 0 Å². The van der Waals surface area contributed by atoms with E-state index in [4.69, 9.17) is 0 Å². The number of sulfonamides is 1. The summed E-state index contributed by atoms with van der Waals surface area (Å²) in [5.74, 6) is -0.251. The van der Waals surface area contributed by atoms with E-state index in [9.17, 15) is 21.6 Å². The standard InChI is InChI=1S/C11H21F3N2O2S/c1-2-7-15-8-3-4-9-19(17,18)16-10(5-6-10)11(12,13)14/h15-16H,2-9H2,1H3. The van der Waals surface area contributed by atoms with Crippen LogP contribution in [0.2, 0.25) is 0 Å². The lowest BCUT2D eigenvalue weighted by atomic mass is 10.3. The Morgan fingerprint density at radius 1 is 1.16 bits per heavy atom. The fraction of sp³-hybridized carbons (Fsp3) is 1.00. The quantitative estimate of drug-likeness (QED) is 0.638. The Morgan fingerprint density at radius 2 is 1.79 bits per heavy atom. The van der Waals surface area contributed by atoms with E-state index >= 15 is 0 Å². The maximum Gasteiger partial charge on any atom is 0.407 e. The van der Waals surface area contributed by atoms with E-state index in [0.29, 0.717) is 19.4 Å². The Labute approximate surface area is 112 Å². The van der Waals surface area contributed by atoms with E-state index in [1.807, 2.05) is 11.6 Å². The van der Waals surface area contributed by atoms with Gasteiger partial charge in [-0.15, -0.1) is 0 Å². The van der Waals surface area contributed by atoms with Crippen LogP contribution in [0.3, 0.4) is 0 Å². The number of alkyl halides is 3. The van der Waals surface area contributed by atoms with Crippen LogP contribution in [0, 0.1) is 0 Å². The minimum atomic E-state index is -4.50. The molecule has 0 spiro atoms. The van der Waals surface area contributed by atoms with Gasteiger partial charge in [-0.3, -0.25) is 0 Å². The van der Waals surface area contributed by atoms with Gasteiger partial charge in [0.2, 0.25) is 10.0 Å². The van der Waals surface area contributed by atoms with Crippen LogP contribution in [-0.2, 0) is 10.0 Å². The van der Waals surface area contributed by atoms with E-state index in [-0.39, 0.29) is 18.6 Å². The monoisotopic (exact) mass is 302 g/mol. The molecule has 1 aliphatic rings. The first-order valence-corrected chi connectivity index (χ1v) is 8.17. The zero-order chi connectivity index (χ0) is 14.6. The van der Waals surface area contributed by atoms with E-state index in [1.54, 1.807) is 0 Å². The molecule has 0 atom stereocenters. The molecule has 1 saturated carbocycles. The Balaban J connectivity index is 2.29. The summed E-state index contributed by atoms with van der Waals surface area (Å²) in [6, 6.07) is 0. The molecule has 4 nitrogen and oxygen atoms in total. The number of rotatable bonds is 9. The third kappa shape index (κ3) is 5.27. The average molecular weight is 302 g/mol. The summed E-state index contributed by atoms with van der Waals surface area (Å²) in [4.78, 5) is 0. The molecule has 0 aromatic carbocycles. The highest BCUT2D eigenvalue weighted by atomic mass is 32.2. The van der Waals surface area contributed by atoms with Gasteiger partial charge in [-0.05, 0) is 45.2 Å². The number of unbranched alkanes of at least 4 members (excludes halogenated alkanes) is 1. The fourth-order valence-corrected chi connectivity index (χ4v) is 3.36. The molecule has 0 aliphatic heterocycles. The lowest BCUT2D eigenvalue weighted by Crippen LogP contribution is -2.48. The van der Waals surface area contributed by atoms with E-state index < -0.39 is 21.7 Å². The molecule has 0 radical (unpaired) electrons. The second kappa shape index (κ2) is 6.41. The Kier molecular flexibility index (Phi) is 5.64. The third-order valence-corrected chi connectivity index (χ3v) is 4.61. The summed E-state index contributed by atoms with van der Waals surface area (Å²) < 4.78 is 62.8. The molecule has 0 aromatic heterocycles. The Bertz CT molecular complexity index is 378. The fourth-order valence-electron chi connectivity index (χ4n) is 1.76. The van der Waals surface area contributed by atoms with Gasteiger partial charge in [0.05, 0.1) is 5.75 Å². The molecule has 0 bridgehead atoms. The normalized spacial score (nSPS) is 18.5. The molecule has 0 heterocycles. The smallest absolute Gasteiger partial charge is 0.317 e. The minimum absolute atomic E-state index is 0.159. The summed E-state index contributed by atoms with van der Waals surface area (Å²) in [6.07, 6.45) is -2.82. The van der Waals surface area contributed by atoms with Crippen LogP contribution in [0.4, 0.5) is 13.2 Å². The first-order valence-electron chi connectivity index (χ1n) is 6.51. The first-order chi connectivity index (χ1) is 8.72. The van der Waals surface area contributed by atoms with Crippen molar-refractivity contribution in [1.29, 1.82) is 0 Å². The molecule has 8 heteroatoms. The molecule has 0 amide bonds. The zero-order valence-electron chi connectivity index (χ0n) is 11.0.